The summed E-state index contributed by atoms with van der Waals surface area (Å²) in [6.07, 6.45) is 3.87. The van der Waals surface area contributed by atoms with Gasteiger partial charge in [-0.2, -0.15) is 0 Å². The number of benzene rings is 2. The Morgan fingerprint density at radius 2 is 1.93 bits per heavy atom. The number of methoxy groups -OCH3 is 1. The first-order valence-electron chi connectivity index (χ1n) is 9.38. The molecule has 2 aromatic rings. The van der Waals surface area contributed by atoms with Crippen LogP contribution in [0.25, 0.3) is 6.08 Å². The van der Waals surface area contributed by atoms with E-state index in [1.807, 2.05) is 24.3 Å². The monoisotopic (exact) mass is 412 g/mol. The topological polar surface area (TPSA) is 71.4 Å². The molecule has 0 radical (unpaired) electrons. The maximum atomic E-state index is 12.6. The number of hydrogen-bond donors (Lipinski definition) is 1. The second-order valence-electron chi connectivity index (χ2n) is 6.50. The second kappa shape index (κ2) is 9.52. The molecule has 0 aromatic heterocycles. The lowest BCUT2D eigenvalue weighted by Crippen LogP contribution is -2.23. The molecule has 0 aliphatic carbocycles. The van der Waals surface area contributed by atoms with Crippen LogP contribution in [-0.2, 0) is 4.79 Å². The van der Waals surface area contributed by atoms with Crippen molar-refractivity contribution in [2.75, 3.05) is 20.8 Å². The summed E-state index contributed by atoms with van der Waals surface area (Å²) < 4.78 is 11.2. The molecule has 0 saturated carbocycles. The number of thioether (sulfide) groups is 1. The number of likely N-dealkylation sites (N-methyl/N-ethyl adjacent to an activating group) is 1. The van der Waals surface area contributed by atoms with E-state index in [0.717, 1.165) is 18.4 Å². The summed E-state index contributed by atoms with van der Waals surface area (Å²) in [5, 5.41) is 9.98. The largest absolute Gasteiger partial charge is 0.508 e. The number of amidine groups is 1. The summed E-state index contributed by atoms with van der Waals surface area (Å²) in [4.78, 5) is 19.2. The highest BCUT2D eigenvalue weighted by molar-refractivity contribution is 8.18. The number of hydrogen-bond acceptors (Lipinski definition) is 6. The fourth-order valence-electron chi connectivity index (χ4n) is 2.66. The van der Waals surface area contributed by atoms with Crippen molar-refractivity contribution >= 4 is 34.6 Å². The number of ether oxygens (including phenoxy) is 2. The van der Waals surface area contributed by atoms with Crippen LogP contribution in [0, 0.1) is 0 Å². The van der Waals surface area contributed by atoms with Gasteiger partial charge in [0.1, 0.15) is 5.75 Å². The molecule has 152 valence electrons. The molecular weight excluding hydrogens is 388 g/mol. The molecule has 1 saturated heterocycles. The average molecular weight is 413 g/mol. The van der Waals surface area contributed by atoms with Gasteiger partial charge >= 0.3 is 0 Å². The van der Waals surface area contributed by atoms with Gasteiger partial charge in [-0.25, -0.2) is 4.99 Å². The first-order chi connectivity index (χ1) is 14.0. The van der Waals surface area contributed by atoms with Crippen LogP contribution in [0.5, 0.6) is 17.2 Å². The van der Waals surface area contributed by atoms with Gasteiger partial charge in [-0.15, -0.1) is 0 Å². The third kappa shape index (κ3) is 5.12. The standard InChI is InChI=1S/C22H24N2O4S/c1-4-5-12-28-18-11-6-15(13-19(18)27-3)14-20-21(26)24(2)22(29-20)23-16-7-9-17(25)10-8-16/h6-11,13-14,25H,4-5,12H2,1-3H3/b20-14-,23-22?. The van der Waals surface area contributed by atoms with Crippen LogP contribution >= 0.6 is 11.8 Å². The predicted molar refractivity (Wildman–Crippen MR) is 117 cm³/mol. The van der Waals surface area contributed by atoms with Crippen LogP contribution in [0.4, 0.5) is 5.69 Å². The Kier molecular flexibility index (Phi) is 6.82. The molecular formula is C22H24N2O4S. The highest BCUT2D eigenvalue weighted by atomic mass is 32.2. The lowest BCUT2D eigenvalue weighted by Gasteiger charge is -2.11. The molecule has 0 unspecified atom stereocenters. The Morgan fingerprint density at radius 3 is 2.62 bits per heavy atom. The van der Waals surface area contributed by atoms with Gasteiger partial charge in [-0.05, 0) is 66.2 Å². The maximum absolute atomic E-state index is 12.6. The van der Waals surface area contributed by atoms with Gasteiger partial charge in [0, 0.05) is 7.05 Å². The zero-order chi connectivity index (χ0) is 20.8. The maximum Gasteiger partial charge on any atom is 0.266 e. The second-order valence-corrected chi connectivity index (χ2v) is 7.51. The summed E-state index contributed by atoms with van der Waals surface area (Å²) in [7, 11) is 3.30. The molecule has 6 nitrogen and oxygen atoms in total. The molecule has 29 heavy (non-hydrogen) atoms. The van der Waals surface area contributed by atoms with E-state index in [1.165, 1.54) is 16.7 Å². The molecule has 2 aromatic carbocycles. The third-order valence-electron chi connectivity index (χ3n) is 4.32. The average Bonchev–Trinajstić information content (AvgIpc) is 2.98. The highest BCUT2D eigenvalue weighted by Crippen LogP contribution is 2.35. The summed E-state index contributed by atoms with van der Waals surface area (Å²) in [6.45, 7) is 2.76. The van der Waals surface area contributed by atoms with Crippen molar-refractivity contribution in [3.63, 3.8) is 0 Å². The Morgan fingerprint density at radius 1 is 1.17 bits per heavy atom. The first-order valence-corrected chi connectivity index (χ1v) is 10.2. The molecule has 1 aliphatic rings. The minimum Gasteiger partial charge on any atom is -0.508 e. The van der Waals surface area contributed by atoms with Crippen LogP contribution in [0.2, 0.25) is 0 Å². The number of aromatic hydroxyl groups is 1. The summed E-state index contributed by atoms with van der Waals surface area (Å²) >= 11 is 1.31. The fraction of sp³-hybridized carbons (Fsp3) is 0.273. The quantitative estimate of drug-likeness (QED) is 0.522. The Labute approximate surface area is 174 Å². The van der Waals surface area contributed by atoms with E-state index >= 15 is 0 Å². The van der Waals surface area contributed by atoms with E-state index in [1.54, 1.807) is 38.4 Å². The van der Waals surface area contributed by atoms with Gasteiger partial charge < -0.3 is 14.6 Å². The van der Waals surface area contributed by atoms with Crippen molar-refractivity contribution < 1.29 is 19.4 Å². The molecule has 1 heterocycles. The van der Waals surface area contributed by atoms with E-state index in [0.29, 0.717) is 33.9 Å². The van der Waals surface area contributed by atoms with E-state index in [4.69, 9.17) is 9.47 Å². The molecule has 0 bridgehead atoms. The van der Waals surface area contributed by atoms with Gasteiger partial charge in [0.25, 0.3) is 5.91 Å². The van der Waals surface area contributed by atoms with E-state index < -0.39 is 0 Å². The summed E-state index contributed by atoms with van der Waals surface area (Å²) in [5.74, 6) is 1.39. The van der Waals surface area contributed by atoms with Gasteiger partial charge in [0.05, 0.1) is 24.3 Å². The number of nitrogens with zero attached hydrogens (tertiary/aromatic N) is 2. The van der Waals surface area contributed by atoms with Crippen LogP contribution in [0.3, 0.4) is 0 Å². The number of phenolic OH excluding ortho intramolecular Hbond substituents is 1. The Hall–Kier alpha value is -2.93. The number of phenols is 1. The van der Waals surface area contributed by atoms with Crippen molar-refractivity contribution in [1.82, 2.24) is 4.90 Å². The molecule has 7 heteroatoms. The third-order valence-corrected chi connectivity index (χ3v) is 5.38. The van der Waals surface area contributed by atoms with Crippen molar-refractivity contribution in [3.8, 4) is 17.2 Å². The number of carbonyl (C=O) groups excluding carboxylic acids is 1. The molecule has 1 N–H and O–H groups in total. The summed E-state index contributed by atoms with van der Waals surface area (Å²) in [5.41, 5.74) is 1.52. The van der Waals surface area contributed by atoms with Crippen molar-refractivity contribution in [3.05, 3.63) is 52.9 Å². The van der Waals surface area contributed by atoms with Gasteiger partial charge in [-0.1, -0.05) is 19.4 Å². The van der Waals surface area contributed by atoms with Crippen molar-refractivity contribution in [2.45, 2.75) is 19.8 Å². The molecule has 0 spiro atoms. The fourth-order valence-corrected chi connectivity index (χ4v) is 3.65. The SMILES string of the molecule is CCCCOc1ccc(/C=C2\SC(=Nc3ccc(O)cc3)N(C)C2=O)cc1OC. The van der Waals surface area contributed by atoms with Crippen molar-refractivity contribution in [1.29, 1.82) is 0 Å². The molecule has 1 amide bonds. The number of unbranched alkanes of at least 4 members (excludes halogenated alkanes) is 1. The van der Waals surface area contributed by atoms with E-state index in [-0.39, 0.29) is 11.7 Å². The Bertz CT molecular complexity index is 938. The number of rotatable bonds is 7. The van der Waals surface area contributed by atoms with E-state index in [2.05, 4.69) is 11.9 Å². The molecule has 1 fully saturated rings. The number of amides is 1. The predicted octanol–water partition coefficient (Wildman–Crippen LogP) is 4.81. The van der Waals surface area contributed by atoms with Crippen molar-refractivity contribution in [2.24, 2.45) is 4.99 Å². The molecule has 0 atom stereocenters. The Balaban J connectivity index is 1.81. The number of aliphatic imine (C=N–C) groups is 1. The van der Waals surface area contributed by atoms with Crippen LogP contribution in [0.1, 0.15) is 25.3 Å². The molecule has 3 rings (SSSR count). The zero-order valence-corrected chi connectivity index (χ0v) is 17.5. The number of carbonyl (C=O) groups is 1. The zero-order valence-electron chi connectivity index (χ0n) is 16.7. The minimum atomic E-state index is -0.116. The summed E-state index contributed by atoms with van der Waals surface area (Å²) in [6, 6.07) is 12.1. The normalized spacial score (nSPS) is 16.7. The van der Waals surface area contributed by atoms with Crippen LogP contribution in [0.15, 0.2) is 52.4 Å². The lowest BCUT2D eigenvalue weighted by molar-refractivity contribution is -0.121. The first kappa shape index (κ1) is 20.8. The lowest BCUT2D eigenvalue weighted by atomic mass is 10.2. The van der Waals surface area contributed by atoms with E-state index in [9.17, 15) is 9.90 Å². The van der Waals surface area contributed by atoms with Gasteiger partial charge in [-0.3, -0.25) is 9.69 Å². The van der Waals surface area contributed by atoms with Gasteiger partial charge in [0.15, 0.2) is 16.7 Å². The minimum absolute atomic E-state index is 0.116. The molecule has 1 aliphatic heterocycles. The highest BCUT2D eigenvalue weighted by Gasteiger charge is 2.30. The smallest absolute Gasteiger partial charge is 0.266 e. The van der Waals surface area contributed by atoms with Crippen LogP contribution in [-0.4, -0.2) is 41.8 Å². The van der Waals surface area contributed by atoms with Crippen LogP contribution < -0.4 is 9.47 Å². The van der Waals surface area contributed by atoms with Gasteiger partial charge in [0.2, 0.25) is 0 Å².